The second-order valence-electron chi connectivity index (χ2n) is 7.76. The number of halogens is 1. The van der Waals surface area contributed by atoms with Gasteiger partial charge in [0, 0.05) is 24.2 Å². The molecule has 1 aliphatic heterocycles. The number of hydrogen-bond acceptors (Lipinski definition) is 8. The van der Waals surface area contributed by atoms with E-state index < -0.39 is 16.1 Å². The molecule has 184 valence electrons. The summed E-state index contributed by atoms with van der Waals surface area (Å²) in [5, 5.41) is 3.58. The first-order valence-corrected chi connectivity index (χ1v) is 12.6. The highest BCUT2D eigenvalue weighted by molar-refractivity contribution is 7.87. The Bertz CT molecular complexity index is 1180. The fraction of sp³-hybridized carbons (Fsp3) is 0.391. The molecule has 0 amide bonds. The van der Waals surface area contributed by atoms with Gasteiger partial charge in [-0.25, -0.2) is 4.79 Å². The van der Waals surface area contributed by atoms with E-state index in [1.165, 1.54) is 25.3 Å². The number of nitrogens with zero attached hydrogens (tertiary/aromatic N) is 2. The number of nitrogens with two attached hydrogens (primary N) is 1. The summed E-state index contributed by atoms with van der Waals surface area (Å²) in [6.45, 7) is 4.88. The molecule has 0 unspecified atom stereocenters. The Hall–Kier alpha value is -2.98. The third-order valence-electron chi connectivity index (χ3n) is 5.70. The Balaban J connectivity index is 2.11. The summed E-state index contributed by atoms with van der Waals surface area (Å²) in [5.41, 5.74) is 1.18. The first-order valence-electron chi connectivity index (χ1n) is 10.8. The molecule has 0 spiro atoms. The van der Waals surface area contributed by atoms with E-state index in [2.05, 4.69) is 5.10 Å². The standard InChI is InChI=1S/C23H28ClN3O6S/c1-4-32-23(28)21-15(2)22(31-3)17(16-9-11-27(12-10-16)14-26-25)13-19(21)33-34(29,30)20-8-6-5-7-18(20)24/h5-8,13-14,16H,4,9-12,25H2,1-3H3. The Morgan fingerprint density at radius 2 is 1.97 bits per heavy atom. The Morgan fingerprint density at radius 3 is 2.56 bits per heavy atom. The summed E-state index contributed by atoms with van der Waals surface area (Å²) >= 11 is 6.10. The zero-order valence-corrected chi connectivity index (χ0v) is 20.9. The Kier molecular flexibility index (Phi) is 8.27. The summed E-state index contributed by atoms with van der Waals surface area (Å²) in [6, 6.07) is 7.50. The molecule has 0 saturated carbocycles. The van der Waals surface area contributed by atoms with Crippen LogP contribution >= 0.6 is 11.6 Å². The molecular formula is C23H28ClN3O6S. The quantitative estimate of drug-likeness (QED) is 0.143. The fourth-order valence-electron chi connectivity index (χ4n) is 4.12. The molecule has 0 aliphatic carbocycles. The third-order valence-corrected chi connectivity index (χ3v) is 7.43. The van der Waals surface area contributed by atoms with Crippen LogP contribution in [0.25, 0.3) is 0 Å². The van der Waals surface area contributed by atoms with E-state index in [0.717, 1.165) is 18.4 Å². The normalized spacial score (nSPS) is 14.9. The van der Waals surface area contributed by atoms with Gasteiger partial charge in [0.1, 0.15) is 22.5 Å². The zero-order valence-electron chi connectivity index (χ0n) is 19.3. The number of carbonyl (C=O) groups excluding carboxylic acids is 1. The van der Waals surface area contributed by atoms with Gasteiger partial charge in [0.05, 0.1) is 18.7 Å². The highest BCUT2D eigenvalue weighted by Gasteiger charge is 2.31. The summed E-state index contributed by atoms with van der Waals surface area (Å²) in [6.07, 6.45) is 3.09. The van der Waals surface area contributed by atoms with Gasteiger partial charge in [0.2, 0.25) is 0 Å². The number of esters is 1. The van der Waals surface area contributed by atoms with Crippen molar-refractivity contribution in [2.45, 2.75) is 37.5 Å². The van der Waals surface area contributed by atoms with E-state index >= 15 is 0 Å². The lowest BCUT2D eigenvalue weighted by Gasteiger charge is -2.32. The van der Waals surface area contributed by atoms with Crippen LogP contribution in [0.5, 0.6) is 11.5 Å². The molecule has 2 aromatic carbocycles. The molecule has 0 bridgehead atoms. The maximum Gasteiger partial charge on any atom is 0.342 e. The number of rotatable bonds is 8. The van der Waals surface area contributed by atoms with Crippen molar-refractivity contribution >= 4 is 34.0 Å². The van der Waals surface area contributed by atoms with Gasteiger partial charge in [-0.1, -0.05) is 23.7 Å². The van der Waals surface area contributed by atoms with Gasteiger partial charge in [-0.15, -0.1) is 0 Å². The lowest BCUT2D eigenvalue weighted by atomic mass is 9.86. The predicted octanol–water partition coefficient (Wildman–Crippen LogP) is 3.68. The average molecular weight is 510 g/mol. The molecule has 0 atom stereocenters. The van der Waals surface area contributed by atoms with Crippen LogP contribution in [0, 0.1) is 6.92 Å². The van der Waals surface area contributed by atoms with Gasteiger partial charge in [0.25, 0.3) is 0 Å². The van der Waals surface area contributed by atoms with E-state index in [0.29, 0.717) is 24.4 Å². The van der Waals surface area contributed by atoms with Crippen LogP contribution in [0.2, 0.25) is 5.02 Å². The molecule has 1 fully saturated rings. The van der Waals surface area contributed by atoms with E-state index in [1.807, 2.05) is 4.90 Å². The van der Waals surface area contributed by atoms with Crippen molar-refractivity contribution in [3.05, 3.63) is 52.0 Å². The number of hydrazone groups is 1. The van der Waals surface area contributed by atoms with Gasteiger partial charge in [-0.05, 0) is 50.8 Å². The van der Waals surface area contributed by atoms with Gasteiger partial charge in [-0.3, -0.25) is 0 Å². The van der Waals surface area contributed by atoms with Crippen molar-refractivity contribution in [2.24, 2.45) is 10.9 Å². The first-order chi connectivity index (χ1) is 16.2. The minimum Gasteiger partial charge on any atom is -0.496 e. The summed E-state index contributed by atoms with van der Waals surface area (Å²) in [4.78, 5) is 14.6. The SMILES string of the molecule is CCOC(=O)c1c(OS(=O)(=O)c2ccccc2Cl)cc(C2CCN(C=NN)CC2)c(OC)c1C. The molecule has 0 aromatic heterocycles. The average Bonchev–Trinajstić information content (AvgIpc) is 2.79. The number of ether oxygens (including phenoxy) is 2. The number of methoxy groups -OCH3 is 1. The number of piperidine rings is 1. The van der Waals surface area contributed by atoms with Crippen LogP contribution in [0.4, 0.5) is 0 Å². The minimum atomic E-state index is -4.33. The van der Waals surface area contributed by atoms with Gasteiger partial charge in [-0.2, -0.15) is 13.5 Å². The maximum absolute atomic E-state index is 13.1. The molecule has 3 rings (SSSR count). The van der Waals surface area contributed by atoms with E-state index in [-0.39, 0.29) is 33.8 Å². The number of carbonyl (C=O) groups is 1. The van der Waals surface area contributed by atoms with Crippen LogP contribution in [-0.4, -0.2) is 52.4 Å². The largest absolute Gasteiger partial charge is 0.496 e. The number of hydrogen-bond donors (Lipinski definition) is 1. The van der Waals surface area contributed by atoms with Crippen LogP contribution < -0.4 is 14.8 Å². The van der Waals surface area contributed by atoms with Gasteiger partial charge < -0.3 is 24.4 Å². The van der Waals surface area contributed by atoms with E-state index in [1.54, 1.807) is 32.3 Å². The Labute approximate surface area is 204 Å². The lowest BCUT2D eigenvalue weighted by molar-refractivity contribution is 0.0523. The summed E-state index contributed by atoms with van der Waals surface area (Å²) < 4.78 is 42.6. The molecule has 1 aliphatic rings. The van der Waals surface area contributed by atoms with Crippen molar-refractivity contribution in [2.75, 3.05) is 26.8 Å². The van der Waals surface area contributed by atoms with Crippen molar-refractivity contribution < 1.29 is 26.9 Å². The van der Waals surface area contributed by atoms with Crippen LogP contribution in [0.15, 0.2) is 40.3 Å². The minimum absolute atomic E-state index is 0.00854. The fourth-order valence-corrected chi connectivity index (χ4v) is 5.55. The van der Waals surface area contributed by atoms with Crippen LogP contribution in [0.3, 0.4) is 0 Å². The van der Waals surface area contributed by atoms with Crippen LogP contribution in [0.1, 0.15) is 47.2 Å². The van der Waals surface area contributed by atoms with Gasteiger partial charge in [0.15, 0.2) is 5.75 Å². The molecule has 1 saturated heterocycles. The summed E-state index contributed by atoms with van der Waals surface area (Å²) in [7, 11) is -2.82. The van der Waals surface area contributed by atoms with Crippen molar-refractivity contribution in [1.82, 2.24) is 4.90 Å². The first kappa shape index (κ1) is 25.6. The maximum atomic E-state index is 13.1. The number of benzene rings is 2. The summed E-state index contributed by atoms with van der Waals surface area (Å²) in [5.74, 6) is 4.96. The van der Waals surface area contributed by atoms with E-state index in [9.17, 15) is 13.2 Å². The van der Waals surface area contributed by atoms with Crippen molar-refractivity contribution in [1.29, 1.82) is 0 Å². The second kappa shape index (κ2) is 11.0. The van der Waals surface area contributed by atoms with Gasteiger partial charge >= 0.3 is 16.1 Å². The smallest absolute Gasteiger partial charge is 0.342 e. The molecule has 0 radical (unpaired) electrons. The highest BCUT2D eigenvalue weighted by atomic mass is 35.5. The molecule has 34 heavy (non-hydrogen) atoms. The molecule has 11 heteroatoms. The zero-order chi connectivity index (χ0) is 24.9. The predicted molar refractivity (Wildman–Crippen MR) is 129 cm³/mol. The molecule has 9 nitrogen and oxygen atoms in total. The van der Waals surface area contributed by atoms with E-state index in [4.69, 9.17) is 31.1 Å². The number of likely N-dealkylation sites (tertiary alicyclic amines) is 1. The topological polar surface area (TPSA) is 121 Å². The monoisotopic (exact) mass is 509 g/mol. The molecule has 2 aromatic rings. The molecule has 2 N–H and O–H groups in total. The third kappa shape index (κ3) is 5.39. The Morgan fingerprint density at radius 1 is 1.29 bits per heavy atom. The second-order valence-corrected chi connectivity index (χ2v) is 9.68. The van der Waals surface area contributed by atoms with Crippen molar-refractivity contribution in [3.8, 4) is 11.5 Å². The molecular weight excluding hydrogens is 482 g/mol. The van der Waals surface area contributed by atoms with Crippen LogP contribution in [-0.2, 0) is 14.9 Å². The van der Waals surface area contributed by atoms with Crippen molar-refractivity contribution in [3.63, 3.8) is 0 Å². The molecule has 1 heterocycles. The lowest BCUT2D eigenvalue weighted by Crippen LogP contribution is -2.32. The highest BCUT2D eigenvalue weighted by Crippen LogP contribution is 2.42.